The second kappa shape index (κ2) is 12.8. The van der Waals surface area contributed by atoms with E-state index in [1.807, 2.05) is 111 Å². The fraction of sp³-hybridized carbons (Fsp3) is 0.263. The van der Waals surface area contributed by atoms with Crippen molar-refractivity contribution in [2.75, 3.05) is 49.3 Å². The smallest absolute Gasteiger partial charge is 0.258 e. The molecule has 0 N–H and O–H groups in total. The largest absolute Gasteiger partial charge is 0.491 e. The maximum atomic E-state index is 13.8. The molecule has 0 bridgehead atoms. The summed E-state index contributed by atoms with van der Waals surface area (Å²) in [4.78, 5) is 31.1. The summed E-state index contributed by atoms with van der Waals surface area (Å²) in [7, 11) is 0. The maximum absolute atomic E-state index is 13.8. The molecule has 8 heteroatoms. The minimum absolute atomic E-state index is 0.107. The Bertz CT molecular complexity index is 1780. The van der Waals surface area contributed by atoms with Gasteiger partial charge in [-0.15, -0.1) is 0 Å². The molecule has 0 aromatic heterocycles. The third-order valence-electron chi connectivity index (χ3n) is 8.37. The third kappa shape index (κ3) is 6.54. The highest BCUT2D eigenvalue weighted by atomic mass is 16.6. The van der Waals surface area contributed by atoms with E-state index < -0.39 is 0 Å². The number of rotatable bonds is 12. The van der Waals surface area contributed by atoms with Crippen LogP contribution in [-0.2, 0) is 9.47 Å². The van der Waals surface area contributed by atoms with Crippen LogP contribution in [-0.4, -0.2) is 63.5 Å². The van der Waals surface area contributed by atoms with Crippen LogP contribution in [0.25, 0.3) is 21.5 Å². The summed E-state index contributed by atoms with van der Waals surface area (Å²) in [6, 6.07) is 30.8. The van der Waals surface area contributed by atoms with Crippen molar-refractivity contribution >= 4 is 44.7 Å². The first-order chi connectivity index (χ1) is 22.5. The standard InChI is InChI=1S/C38H36N2O6/c1-3-39(37(41)29-10-8-27-18-33(14-12-25(27)16-29)43-21-35-23-45-35)31-6-5-7-32(20-31)40(4-2)38(42)30-11-9-28-19-34(15-13-26(28)17-30)44-22-36-24-46-36/h5-20,35-36H,3-4,21-24H2,1-2H3. The monoisotopic (exact) mass is 616 g/mol. The van der Waals surface area contributed by atoms with Gasteiger partial charge in [0.2, 0.25) is 0 Å². The van der Waals surface area contributed by atoms with Gasteiger partial charge in [-0.3, -0.25) is 9.59 Å². The second-order valence-electron chi connectivity index (χ2n) is 11.6. The third-order valence-corrected chi connectivity index (χ3v) is 8.37. The number of fused-ring (bicyclic) bond motifs is 2. The molecular formula is C38H36N2O6. The minimum Gasteiger partial charge on any atom is -0.491 e. The number of hydrogen-bond acceptors (Lipinski definition) is 6. The molecule has 2 amide bonds. The van der Waals surface area contributed by atoms with Crippen molar-refractivity contribution in [3.63, 3.8) is 0 Å². The number of anilines is 2. The van der Waals surface area contributed by atoms with Crippen LogP contribution in [0, 0.1) is 0 Å². The molecule has 7 rings (SSSR count). The van der Waals surface area contributed by atoms with E-state index in [0.717, 1.165) is 57.6 Å². The predicted molar refractivity (Wildman–Crippen MR) is 180 cm³/mol. The van der Waals surface area contributed by atoms with E-state index in [9.17, 15) is 9.59 Å². The average molecular weight is 617 g/mol. The molecule has 0 spiro atoms. The summed E-state index contributed by atoms with van der Waals surface area (Å²) in [6.07, 6.45) is 0.385. The van der Waals surface area contributed by atoms with Crippen molar-refractivity contribution in [2.45, 2.75) is 26.1 Å². The Labute approximate surface area is 268 Å². The highest BCUT2D eigenvalue weighted by Crippen LogP contribution is 2.29. The van der Waals surface area contributed by atoms with Crippen molar-refractivity contribution in [3.05, 3.63) is 108 Å². The van der Waals surface area contributed by atoms with Gasteiger partial charge in [0.25, 0.3) is 11.8 Å². The molecule has 8 nitrogen and oxygen atoms in total. The van der Waals surface area contributed by atoms with E-state index in [2.05, 4.69) is 0 Å². The van der Waals surface area contributed by atoms with Crippen LogP contribution in [0.4, 0.5) is 11.4 Å². The molecule has 0 radical (unpaired) electrons. The van der Waals surface area contributed by atoms with Gasteiger partial charge in [-0.05, 0) is 102 Å². The summed E-state index contributed by atoms with van der Waals surface area (Å²) in [5.41, 5.74) is 2.64. The van der Waals surface area contributed by atoms with Gasteiger partial charge in [-0.2, -0.15) is 0 Å². The highest BCUT2D eigenvalue weighted by molar-refractivity contribution is 6.10. The Hall–Kier alpha value is -4.92. The summed E-state index contributed by atoms with van der Waals surface area (Å²) < 4.78 is 22.1. The van der Waals surface area contributed by atoms with E-state index in [0.29, 0.717) is 37.4 Å². The molecule has 5 aromatic rings. The maximum Gasteiger partial charge on any atom is 0.258 e. The Morgan fingerprint density at radius 1 is 0.609 bits per heavy atom. The second-order valence-corrected chi connectivity index (χ2v) is 11.6. The lowest BCUT2D eigenvalue weighted by atomic mass is 10.0. The molecule has 2 aliphatic rings. The first kappa shape index (κ1) is 29.8. The van der Waals surface area contributed by atoms with Gasteiger partial charge >= 0.3 is 0 Å². The van der Waals surface area contributed by atoms with E-state index in [4.69, 9.17) is 18.9 Å². The Balaban J connectivity index is 1.08. The molecule has 2 fully saturated rings. The lowest BCUT2D eigenvalue weighted by molar-refractivity contribution is 0.0982. The first-order valence-corrected chi connectivity index (χ1v) is 15.8. The van der Waals surface area contributed by atoms with Crippen molar-refractivity contribution in [3.8, 4) is 11.5 Å². The van der Waals surface area contributed by atoms with E-state index >= 15 is 0 Å². The number of carbonyl (C=O) groups excluding carboxylic acids is 2. The molecule has 0 aliphatic carbocycles. The zero-order chi connectivity index (χ0) is 31.6. The minimum atomic E-state index is -0.107. The fourth-order valence-corrected chi connectivity index (χ4v) is 5.63. The Morgan fingerprint density at radius 3 is 1.43 bits per heavy atom. The number of hydrogen-bond donors (Lipinski definition) is 0. The van der Waals surface area contributed by atoms with Gasteiger partial charge < -0.3 is 28.7 Å². The number of epoxide rings is 2. The first-order valence-electron chi connectivity index (χ1n) is 15.8. The lowest BCUT2D eigenvalue weighted by Crippen LogP contribution is -2.32. The van der Waals surface area contributed by atoms with Crippen molar-refractivity contribution < 1.29 is 28.5 Å². The zero-order valence-electron chi connectivity index (χ0n) is 26.0. The van der Waals surface area contributed by atoms with Crippen LogP contribution >= 0.6 is 0 Å². The number of carbonyl (C=O) groups is 2. The van der Waals surface area contributed by atoms with Crippen molar-refractivity contribution in [2.24, 2.45) is 0 Å². The van der Waals surface area contributed by atoms with Gasteiger partial charge in [0.05, 0.1) is 13.2 Å². The van der Waals surface area contributed by atoms with Crippen LogP contribution in [0.3, 0.4) is 0 Å². The van der Waals surface area contributed by atoms with Crippen LogP contribution in [0.15, 0.2) is 97.1 Å². The van der Waals surface area contributed by atoms with Crippen LogP contribution < -0.4 is 19.3 Å². The van der Waals surface area contributed by atoms with Gasteiger partial charge in [-0.1, -0.05) is 30.3 Å². The van der Waals surface area contributed by atoms with Gasteiger partial charge in [0, 0.05) is 35.6 Å². The molecule has 2 atom stereocenters. The summed E-state index contributed by atoms with van der Waals surface area (Å²) in [6.45, 7) is 7.44. The number of amides is 2. The number of nitrogens with zero attached hydrogens (tertiary/aromatic N) is 2. The highest BCUT2D eigenvalue weighted by Gasteiger charge is 2.24. The molecule has 2 aliphatic heterocycles. The fourth-order valence-electron chi connectivity index (χ4n) is 5.63. The number of benzene rings is 5. The van der Waals surface area contributed by atoms with Crippen molar-refractivity contribution in [1.29, 1.82) is 0 Å². The topological polar surface area (TPSA) is 84.1 Å². The Morgan fingerprint density at radius 2 is 1.02 bits per heavy atom. The SMILES string of the molecule is CCN(C(=O)c1ccc2cc(OCC3CO3)ccc2c1)c1cccc(N(CC)C(=O)c2ccc3cc(OCC4CO4)ccc3c2)c1. The number of ether oxygens (including phenoxy) is 4. The van der Waals surface area contributed by atoms with Gasteiger partial charge in [0.1, 0.15) is 36.9 Å². The molecule has 2 unspecified atom stereocenters. The van der Waals surface area contributed by atoms with Crippen molar-refractivity contribution in [1.82, 2.24) is 0 Å². The predicted octanol–water partition coefficient (Wildman–Crippen LogP) is 6.88. The van der Waals surface area contributed by atoms with Crippen LogP contribution in [0.2, 0.25) is 0 Å². The van der Waals surface area contributed by atoms with Gasteiger partial charge in [-0.25, -0.2) is 0 Å². The molecule has 2 saturated heterocycles. The van der Waals surface area contributed by atoms with E-state index in [1.54, 1.807) is 9.80 Å². The lowest BCUT2D eigenvalue weighted by Gasteiger charge is -2.25. The molecule has 0 saturated carbocycles. The average Bonchev–Trinajstić information content (AvgIpc) is 4.03. The molecule has 46 heavy (non-hydrogen) atoms. The summed E-state index contributed by atoms with van der Waals surface area (Å²) >= 11 is 0. The molecule has 234 valence electrons. The summed E-state index contributed by atoms with van der Waals surface area (Å²) in [5, 5.41) is 3.92. The van der Waals surface area contributed by atoms with Crippen LogP contribution in [0.5, 0.6) is 11.5 Å². The Kier molecular flexibility index (Phi) is 8.30. The normalized spacial score (nSPS) is 16.7. The zero-order valence-corrected chi connectivity index (χ0v) is 26.0. The molecular weight excluding hydrogens is 580 g/mol. The quantitative estimate of drug-likeness (QED) is 0.142. The van der Waals surface area contributed by atoms with Gasteiger partial charge in [0.15, 0.2) is 0 Å². The van der Waals surface area contributed by atoms with E-state index in [1.165, 1.54) is 0 Å². The van der Waals surface area contributed by atoms with Crippen LogP contribution in [0.1, 0.15) is 34.6 Å². The molecule has 2 heterocycles. The summed E-state index contributed by atoms with van der Waals surface area (Å²) in [5.74, 6) is 1.35. The van der Waals surface area contributed by atoms with E-state index in [-0.39, 0.29) is 24.0 Å². The molecule has 5 aromatic carbocycles.